The van der Waals surface area contributed by atoms with Gasteiger partial charge in [-0.2, -0.15) is 0 Å². The number of ether oxygens (including phenoxy) is 1. The molecule has 0 spiro atoms. The molecule has 0 aliphatic carbocycles. The van der Waals surface area contributed by atoms with E-state index in [-0.39, 0.29) is 5.63 Å². The van der Waals surface area contributed by atoms with Crippen LogP contribution in [0.4, 0.5) is 0 Å². The summed E-state index contributed by atoms with van der Waals surface area (Å²) in [4.78, 5) is 10.9. The van der Waals surface area contributed by atoms with Crippen molar-refractivity contribution in [1.82, 2.24) is 0 Å². The van der Waals surface area contributed by atoms with Crippen LogP contribution in [0, 0.1) is 0 Å². The molecule has 0 saturated carbocycles. The molecule has 13 heavy (non-hydrogen) atoms. The van der Waals surface area contributed by atoms with Crippen molar-refractivity contribution in [2.45, 2.75) is 0 Å². The van der Waals surface area contributed by atoms with Crippen molar-refractivity contribution in [1.29, 1.82) is 0 Å². The molecule has 0 bridgehead atoms. The molecule has 1 aromatic heterocycles. The standard InChI is InChI=1S/C10H8O3/c1-12-8-4-2-3-7-5-6-9(11)13-10(7)8/h2-6H,1H3. The highest BCUT2D eigenvalue weighted by Crippen LogP contribution is 2.22. The molecule has 0 aliphatic heterocycles. The monoisotopic (exact) mass is 176 g/mol. The molecular weight excluding hydrogens is 168 g/mol. The van der Waals surface area contributed by atoms with Gasteiger partial charge in [-0.3, -0.25) is 0 Å². The number of para-hydroxylation sites is 1. The second-order valence-electron chi connectivity index (χ2n) is 2.63. The molecule has 2 rings (SSSR count). The maximum absolute atomic E-state index is 10.9. The van der Waals surface area contributed by atoms with Gasteiger partial charge in [0, 0.05) is 11.5 Å². The second-order valence-corrected chi connectivity index (χ2v) is 2.63. The Hall–Kier alpha value is -1.77. The number of benzene rings is 1. The Morgan fingerprint density at radius 1 is 1.23 bits per heavy atom. The van der Waals surface area contributed by atoms with Crippen molar-refractivity contribution in [2.24, 2.45) is 0 Å². The van der Waals surface area contributed by atoms with Crippen LogP contribution in [0.25, 0.3) is 11.0 Å². The van der Waals surface area contributed by atoms with Crippen LogP contribution in [0.3, 0.4) is 0 Å². The van der Waals surface area contributed by atoms with Crippen LogP contribution in [0.1, 0.15) is 0 Å². The summed E-state index contributed by atoms with van der Waals surface area (Å²) in [5, 5.41) is 0.860. The van der Waals surface area contributed by atoms with Crippen LogP contribution in [0.2, 0.25) is 0 Å². The zero-order chi connectivity index (χ0) is 9.26. The Balaban J connectivity index is 2.87. The van der Waals surface area contributed by atoms with E-state index in [1.807, 2.05) is 12.1 Å². The van der Waals surface area contributed by atoms with E-state index >= 15 is 0 Å². The highest BCUT2D eigenvalue weighted by Gasteiger charge is 2.02. The largest absolute Gasteiger partial charge is 0.493 e. The fourth-order valence-electron chi connectivity index (χ4n) is 1.23. The van der Waals surface area contributed by atoms with E-state index in [4.69, 9.17) is 9.15 Å². The van der Waals surface area contributed by atoms with Gasteiger partial charge in [0.25, 0.3) is 0 Å². The first-order chi connectivity index (χ1) is 6.31. The molecular formula is C10H8O3. The first-order valence-corrected chi connectivity index (χ1v) is 3.88. The highest BCUT2D eigenvalue weighted by atomic mass is 16.5. The predicted molar refractivity (Wildman–Crippen MR) is 49.0 cm³/mol. The lowest BCUT2D eigenvalue weighted by atomic mass is 10.2. The topological polar surface area (TPSA) is 39.4 Å². The van der Waals surface area contributed by atoms with E-state index in [0.29, 0.717) is 11.3 Å². The molecule has 1 aromatic carbocycles. The van der Waals surface area contributed by atoms with E-state index in [1.54, 1.807) is 19.2 Å². The summed E-state index contributed by atoms with van der Waals surface area (Å²) in [6.45, 7) is 0. The minimum atomic E-state index is -0.364. The van der Waals surface area contributed by atoms with Crippen molar-refractivity contribution in [3.05, 3.63) is 40.8 Å². The van der Waals surface area contributed by atoms with Gasteiger partial charge >= 0.3 is 5.63 Å². The van der Waals surface area contributed by atoms with Crippen molar-refractivity contribution >= 4 is 11.0 Å². The molecule has 0 amide bonds. The first-order valence-electron chi connectivity index (χ1n) is 3.88. The molecule has 66 valence electrons. The molecule has 2 aromatic rings. The summed E-state index contributed by atoms with van der Waals surface area (Å²) >= 11 is 0. The van der Waals surface area contributed by atoms with Crippen LogP contribution in [0.15, 0.2) is 39.5 Å². The molecule has 3 heteroatoms. The van der Waals surface area contributed by atoms with Crippen molar-refractivity contribution in [3.63, 3.8) is 0 Å². The third kappa shape index (κ3) is 1.28. The Morgan fingerprint density at radius 2 is 2.08 bits per heavy atom. The summed E-state index contributed by atoms with van der Waals surface area (Å²) in [7, 11) is 1.54. The number of fused-ring (bicyclic) bond motifs is 1. The Morgan fingerprint density at radius 3 is 2.85 bits per heavy atom. The van der Waals surface area contributed by atoms with Crippen LogP contribution in [-0.2, 0) is 0 Å². The lowest BCUT2D eigenvalue weighted by Crippen LogP contribution is -1.95. The predicted octanol–water partition coefficient (Wildman–Crippen LogP) is 1.80. The highest BCUT2D eigenvalue weighted by molar-refractivity contribution is 5.82. The molecule has 0 saturated heterocycles. The SMILES string of the molecule is COc1cccc2ccc(=O)oc12. The molecule has 3 nitrogen and oxygen atoms in total. The van der Waals surface area contributed by atoms with Crippen LogP contribution in [0.5, 0.6) is 5.75 Å². The van der Waals surface area contributed by atoms with Crippen LogP contribution < -0.4 is 10.4 Å². The Labute approximate surface area is 74.6 Å². The first kappa shape index (κ1) is 7.86. The van der Waals surface area contributed by atoms with Crippen molar-refractivity contribution in [2.75, 3.05) is 7.11 Å². The van der Waals surface area contributed by atoms with E-state index < -0.39 is 0 Å². The van der Waals surface area contributed by atoms with Gasteiger partial charge in [-0.15, -0.1) is 0 Å². The lowest BCUT2D eigenvalue weighted by Gasteiger charge is -2.01. The van der Waals surface area contributed by atoms with E-state index in [9.17, 15) is 4.79 Å². The summed E-state index contributed by atoms with van der Waals surface area (Å²) < 4.78 is 10.1. The molecule has 0 fully saturated rings. The molecule has 1 heterocycles. The van der Waals surface area contributed by atoms with E-state index in [1.165, 1.54) is 6.07 Å². The second kappa shape index (κ2) is 2.94. The fourth-order valence-corrected chi connectivity index (χ4v) is 1.23. The average molecular weight is 176 g/mol. The Bertz CT molecular complexity index is 485. The van der Waals surface area contributed by atoms with Crippen LogP contribution in [-0.4, -0.2) is 7.11 Å². The number of rotatable bonds is 1. The zero-order valence-electron chi connectivity index (χ0n) is 7.11. The molecule has 0 radical (unpaired) electrons. The maximum atomic E-state index is 10.9. The molecule has 0 aliphatic rings. The van der Waals surface area contributed by atoms with Gasteiger partial charge in [-0.05, 0) is 12.1 Å². The fraction of sp³-hybridized carbons (Fsp3) is 0.100. The number of hydrogen-bond donors (Lipinski definition) is 0. The summed E-state index contributed by atoms with van der Waals surface area (Å²) in [6, 6.07) is 8.57. The summed E-state index contributed by atoms with van der Waals surface area (Å²) in [5.41, 5.74) is 0.134. The van der Waals surface area contributed by atoms with Crippen molar-refractivity contribution in [3.8, 4) is 5.75 Å². The normalized spacial score (nSPS) is 10.2. The van der Waals surface area contributed by atoms with Gasteiger partial charge in [0.15, 0.2) is 11.3 Å². The van der Waals surface area contributed by atoms with Gasteiger partial charge in [0.1, 0.15) is 0 Å². The van der Waals surface area contributed by atoms with Gasteiger partial charge in [-0.1, -0.05) is 12.1 Å². The third-order valence-corrected chi connectivity index (χ3v) is 1.83. The maximum Gasteiger partial charge on any atom is 0.336 e. The summed E-state index contributed by atoms with van der Waals surface area (Å²) in [6.07, 6.45) is 0. The van der Waals surface area contributed by atoms with Crippen LogP contribution >= 0.6 is 0 Å². The smallest absolute Gasteiger partial charge is 0.336 e. The van der Waals surface area contributed by atoms with Gasteiger partial charge < -0.3 is 9.15 Å². The van der Waals surface area contributed by atoms with Gasteiger partial charge in [0.2, 0.25) is 0 Å². The van der Waals surface area contributed by atoms with Gasteiger partial charge in [0.05, 0.1) is 7.11 Å². The molecule has 0 N–H and O–H groups in total. The van der Waals surface area contributed by atoms with Gasteiger partial charge in [-0.25, -0.2) is 4.79 Å². The summed E-state index contributed by atoms with van der Waals surface area (Å²) in [5.74, 6) is 0.579. The quantitative estimate of drug-likeness (QED) is 0.622. The average Bonchev–Trinajstić information content (AvgIpc) is 2.17. The lowest BCUT2D eigenvalue weighted by molar-refractivity contribution is 0.407. The van der Waals surface area contributed by atoms with Crippen molar-refractivity contribution < 1.29 is 9.15 Å². The molecule has 0 atom stereocenters. The third-order valence-electron chi connectivity index (χ3n) is 1.83. The number of hydrogen-bond acceptors (Lipinski definition) is 3. The minimum Gasteiger partial charge on any atom is -0.493 e. The Kier molecular flexibility index (Phi) is 1.77. The number of methoxy groups -OCH3 is 1. The molecule has 0 unspecified atom stereocenters. The van der Waals surface area contributed by atoms with E-state index in [2.05, 4.69) is 0 Å². The zero-order valence-corrected chi connectivity index (χ0v) is 7.11. The van der Waals surface area contributed by atoms with E-state index in [0.717, 1.165) is 5.39 Å². The minimum absolute atomic E-state index is 0.364.